The molecule has 0 spiro atoms. The second-order valence-corrected chi connectivity index (χ2v) is 8.78. The summed E-state index contributed by atoms with van der Waals surface area (Å²) in [5.41, 5.74) is 3.87. The summed E-state index contributed by atoms with van der Waals surface area (Å²) in [6.45, 7) is 13.9. The van der Waals surface area contributed by atoms with Crippen molar-refractivity contribution in [2.24, 2.45) is 0 Å². The second-order valence-electron chi connectivity index (χ2n) is 8.78. The van der Waals surface area contributed by atoms with Gasteiger partial charge in [0.05, 0.1) is 23.3 Å². The van der Waals surface area contributed by atoms with E-state index in [-0.39, 0.29) is 12.2 Å². The van der Waals surface area contributed by atoms with Crippen LogP contribution in [0, 0.1) is 11.3 Å². The summed E-state index contributed by atoms with van der Waals surface area (Å²) in [7, 11) is 0. The molecule has 2 atom stereocenters. The molecule has 5 rings (SSSR count). The zero-order valence-electron chi connectivity index (χ0n) is 20.6. The van der Waals surface area contributed by atoms with Gasteiger partial charge < -0.3 is 19.9 Å². The van der Waals surface area contributed by atoms with Crippen molar-refractivity contribution in [3.8, 4) is 6.07 Å². The number of pyridine rings is 1. The van der Waals surface area contributed by atoms with Crippen LogP contribution in [0.5, 0.6) is 0 Å². The Morgan fingerprint density at radius 2 is 1.94 bits per heavy atom. The van der Waals surface area contributed by atoms with Crippen molar-refractivity contribution in [3.63, 3.8) is 0 Å². The lowest BCUT2D eigenvalue weighted by Crippen LogP contribution is -2.54. The van der Waals surface area contributed by atoms with Crippen LogP contribution in [0.25, 0.3) is 10.9 Å². The van der Waals surface area contributed by atoms with Crippen molar-refractivity contribution < 1.29 is 4.74 Å². The van der Waals surface area contributed by atoms with Crippen LogP contribution in [0.4, 0.5) is 5.69 Å². The van der Waals surface area contributed by atoms with Crippen molar-refractivity contribution in [3.05, 3.63) is 60.1 Å². The maximum atomic E-state index is 9.46. The molecule has 0 unspecified atom stereocenters. The third-order valence-electron chi connectivity index (χ3n) is 6.53. The molecule has 0 aliphatic carbocycles. The number of hydrogen-bond donors (Lipinski definition) is 1. The number of ether oxygens (including phenoxy) is 1. The van der Waals surface area contributed by atoms with Crippen molar-refractivity contribution in [2.45, 2.75) is 33.0 Å². The minimum atomic E-state index is 0.155. The predicted molar refractivity (Wildman–Crippen MR) is 138 cm³/mol. The van der Waals surface area contributed by atoms with Gasteiger partial charge in [0.1, 0.15) is 6.07 Å². The van der Waals surface area contributed by atoms with Crippen LogP contribution in [-0.2, 0) is 4.74 Å². The zero-order chi connectivity index (χ0) is 23.9. The molecule has 0 bridgehead atoms. The first-order valence-electron chi connectivity index (χ1n) is 12.5. The van der Waals surface area contributed by atoms with Crippen LogP contribution in [0.2, 0.25) is 0 Å². The fourth-order valence-corrected chi connectivity index (χ4v) is 5.02. The standard InChI is InChI=1S/C25H30N6O.C2H6/c1-19-16-31(24-5-4-20(15-26)25-23(24)3-2-8-28-25)18-22(32-19)17-29-11-13-30(14-12-29)21-6-9-27-10-7-21;1-2/h2-9,19,22,27H,10-14,16-18H2,1H3;1-2H3/t19-,22+;/m1./s1. The lowest BCUT2D eigenvalue weighted by atomic mass is 10.1. The van der Waals surface area contributed by atoms with Crippen molar-refractivity contribution in [1.29, 1.82) is 5.26 Å². The normalized spacial score (nSPS) is 22.9. The Morgan fingerprint density at radius 1 is 1.12 bits per heavy atom. The molecule has 4 heterocycles. The number of allylic oxidation sites excluding steroid dienone is 1. The van der Waals surface area contributed by atoms with Crippen LogP contribution in [0.15, 0.2) is 54.5 Å². The highest BCUT2D eigenvalue weighted by molar-refractivity contribution is 5.95. The highest BCUT2D eigenvalue weighted by atomic mass is 16.5. The number of anilines is 1. The van der Waals surface area contributed by atoms with Gasteiger partial charge in [-0.25, -0.2) is 0 Å². The van der Waals surface area contributed by atoms with Crippen LogP contribution >= 0.6 is 0 Å². The minimum Gasteiger partial charge on any atom is -0.387 e. The molecule has 180 valence electrons. The summed E-state index contributed by atoms with van der Waals surface area (Å²) >= 11 is 0. The summed E-state index contributed by atoms with van der Waals surface area (Å²) < 4.78 is 6.35. The average molecular weight is 461 g/mol. The summed E-state index contributed by atoms with van der Waals surface area (Å²) in [4.78, 5) is 11.9. The molecule has 7 nitrogen and oxygen atoms in total. The fourth-order valence-electron chi connectivity index (χ4n) is 5.02. The maximum absolute atomic E-state index is 9.46. The van der Waals surface area contributed by atoms with Gasteiger partial charge in [-0.1, -0.05) is 13.8 Å². The van der Waals surface area contributed by atoms with E-state index in [1.165, 1.54) is 5.70 Å². The Bertz CT molecular complexity index is 1070. The van der Waals surface area contributed by atoms with Gasteiger partial charge in [0.2, 0.25) is 0 Å². The number of rotatable bonds is 4. The third kappa shape index (κ3) is 5.35. The van der Waals surface area contributed by atoms with E-state index in [2.05, 4.69) is 62.3 Å². The number of piperazine rings is 1. The number of dihydropyridines is 1. The Kier molecular flexibility index (Phi) is 8.04. The minimum absolute atomic E-state index is 0.155. The summed E-state index contributed by atoms with van der Waals surface area (Å²) in [5, 5.41) is 13.7. The highest BCUT2D eigenvalue weighted by Gasteiger charge is 2.29. The smallest absolute Gasteiger partial charge is 0.101 e. The topological polar surface area (TPSA) is 67.7 Å². The Balaban J connectivity index is 0.00000133. The molecule has 7 heteroatoms. The van der Waals surface area contributed by atoms with Crippen LogP contribution in [0.1, 0.15) is 26.3 Å². The number of nitriles is 1. The molecule has 0 saturated carbocycles. The quantitative estimate of drug-likeness (QED) is 0.751. The van der Waals surface area contributed by atoms with Gasteiger partial charge in [-0.15, -0.1) is 0 Å². The summed E-state index contributed by atoms with van der Waals surface area (Å²) in [6.07, 6.45) is 8.53. The lowest BCUT2D eigenvalue weighted by molar-refractivity contribution is -0.0365. The van der Waals surface area contributed by atoms with Gasteiger partial charge >= 0.3 is 0 Å². The summed E-state index contributed by atoms with van der Waals surface area (Å²) in [5.74, 6) is 0. The average Bonchev–Trinajstić information content (AvgIpc) is 2.90. The van der Waals surface area contributed by atoms with Gasteiger partial charge in [-0.2, -0.15) is 5.26 Å². The molecule has 3 aliphatic heterocycles. The molecular weight excluding hydrogens is 424 g/mol. The molecule has 3 aliphatic rings. The van der Waals surface area contributed by atoms with Crippen LogP contribution < -0.4 is 10.2 Å². The zero-order valence-corrected chi connectivity index (χ0v) is 20.6. The first-order valence-corrected chi connectivity index (χ1v) is 12.5. The van der Waals surface area contributed by atoms with E-state index in [1.807, 2.05) is 32.2 Å². The molecule has 1 N–H and O–H groups in total. The Labute approximate surface area is 203 Å². The monoisotopic (exact) mass is 460 g/mol. The molecule has 2 saturated heterocycles. The number of aromatic nitrogens is 1. The Morgan fingerprint density at radius 3 is 2.68 bits per heavy atom. The summed E-state index contributed by atoms with van der Waals surface area (Å²) in [6, 6.07) is 10.2. The van der Waals surface area contributed by atoms with Gasteiger partial charge in [0.15, 0.2) is 0 Å². The van der Waals surface area contributed by atoms with E-state index in [9.17, 15) is 5.26 Å². The van der Waals surface area contributed by atoms with E-state index in [0.29, 0.717) is 5.56 Å². The maximum Gasteiger partial charge on any atom is 0.101 e. The van der Waals surface area contributed by atoms with E-state index in [4.69, 9.17) is 4.74 Å². The van der Waals surface area contributed by atoms with E-state index >= 15 is 0 Å². The number of benzene rings is 1. The van der Waals surface area contributed by atoms with Gasteiger partial charge in [-0.05, 0) is 49.5 Å². The molecule has 0 amide bonds. The number of hydrogen-bond acceptors (Lipinski definition) is 7. The van der Waals surface area contributed by atoms with Crippen molar-refractivity contribution >= 4 is 16.6 Å². The highest BCUT2D eigenvalue weighted by Crippen LogP contribution is 2.30. The first-order chi connectivity index (χ1) is 16.7. The molecule has 0 radical (unpaired) electrons. The van der Waals surface area contributed by atoms with E-state index in [1.54, 1.807) is 6.20 Å². The first kappa shape index (κ1) is 24.1. The third-order valence-corrected chi connectivity index (χ3v) is 6.53. The van der Waals surface area contributed by atoms with Crippen molar-refractivity contribution in [1.82, 2.24) is 20.1 Å². The molecule has 1 aromatic heterocycles. The SMILES string of the molecule is CC.C[C@@H]1CN(c2ccc(C#N)c3ncccc23)C[C@H](CN2CCN(C3=CCNC=C3)CC2)O1. The second kappa shape index (κ2) is 11.4. The Hall–Kier alpha value is -3.08. The molecule has 2 aromatic rings. The van der Waals surface area contributed by atoms with E-state index < -0.39 is 0 Å². The number of nitrogens with one attached hydrogen (secondary N) is 1. The fraction of sp³-hybridized carbons (Fsp3) is 0.481. The number of nitrogens with zero attached hydrogens (tertiary/aromatic N) is 5. The molecule has 2 fully saturated rings. The lowest BCUT2D eigenvalue weighted by Gasteiger charge is -2.42. The van der Waals surface area contributed by atoms with E-state index in [0.717, 1.165) is 68.9 Å². The van der Waals surface area contributed by atoms with Gasteiger partial charge in [0.25, 0.3) is 0 Å². The largest absolute Gasteiger partial charge is 0.387 e. The van der Waals surface area contributed by atoms with Gasteiger partial charge in [-0.3, -0.25) is 9.88 Å². The molecular formula is C27H36N6O. The predicted octanol–water partition coefficient (Wildman–Crippen LogP) is 3.34. The van der Waals surface area contributed by atoms with Gasteiger partial charge in [0, 0.05) is 75.3 Å². The molecule has 1 aromatic carbocycles. The van der Waals surface area contributed by atoms with Crippen LogP contribution in [0.3, 0.4) is 0 Å². The van der Waals surface area contributed by atoms with Crippen molar-refractivity contribution in [2.75, 3.05) is 57.3 Å². The molecule has 34 heavy (non-hydrogen) atoms. The number of fused-ring (bicyclic) bond motifs is 1. The number of morpholine rings is 1. The van der Waals surface area contributed by atoms with Crippen LogP contribution in [-0.4, -0.2) is 79.3 Å².